The zero-order valence-electron chi connectivity index (χ0n) is 10.2. The van der Waals surface area contributed by atoms with E-state index in [2.05, 4.69) is 36.2 Å². The molecule has 0 aromatic carbocycles. The summed E-state index contributed by atoms with van der Waals surface area (Å²) in [5, 5.41) is 14.2. The standard InChI is InChI=1S/C11H6BrClN6O2/c12-6-5-15-11(13)17-9(6)16-7-1-3-18-4-2-14-10(18)8(7)19(20)21/h1-5H,(H,15,16,17). The van der Waals surface area contributed by atoms with E-state index in [4.69, 9.17) is 11.6 Å². The Bertz CT molecular complexity index is 852. The van der Waals surface area contributed by atoms with Crippen LogP contribution in [-0.4, -0.2) is 24.3 Å². The zero-order valence-corrected chi connectivity index (χ0v) is 12.5. The zero-order chi connectivity index (χ0) is 15.0. The molecule has 3 heterocycles. The van der Waals surface area contributed by atoms with E-state index >= 15 is 0 Å². The van der Waals surface area contributed by atoms with Crippen LogP contribution in [0.5, 0.6) is 0 Å². The molecule has 21 heavy (non-hydrogen) atoms. The van der Waals surface area contributed by atoms with Crippen molar-refractivity contribution in [2.24, 2.45) is 0 Å². The van der Waals surface area contributed by atoms with Crippen LogP contribution < -0.4 is 5.32 Å². The maximum Gasteiger partial charge on any atom is 0.335 e. The Balaban J connectivity index is 2.14. The molecule has 0 fully saturated rings. The third-order valence-corrected chi connectivity index (χ3v) is 3.45. The van der Waals surface area contributed by atoms with Crippen LogP contribution in [0.2, 0.25) is 5.28 Å². The number of imidazole rings is 1. The monoisotopic (exact) mass is 368 g/mol. The number of fused-ring (bicyclic) bond motifs is 1. The molecule has 0 unspecified atom stereocenters. The van der Waals surface area contributed by atoms with Crippen LogP contribution in [0, 0.1) is 10.1 Å². The fraction of sp³-hybridized carbons (Fsp3) is 0. The molecule has 8 nitrogen and oxygen atoms in total. The molecule has 0 aliphatic carbocycles. The van der Waals surface area contributed by atoms with Gasteiger partial charge in [0.25, 0.3) is 0 Å². The molecule has 0 amide bonds. The number of pyridine rings is 1. The molecule has 0 saturated heterocycles. The number of anilines is 2. The minimum absolute atomic E-state index is 0.0326. The van der Waals surface area contributed by atoms with E-state index < -0.39 is 4.92 Å². The van der Waals surface area contributed by atoms with Crippen LogP contribution in [-0.2, 0) is 0 Å². The van der Waals surface area contributed by atoms with Crippen molar-refractivity contribution in [3.05, 3.63) is 50.7 Å². The normalized spacial score (nSPS) is 10.8. The highest BCUT2D eigenvalue weighted by Crippen LogP contribution is 2.32. The Morgan fingerprint density at radius 1 is 1.38 bits per heavy atom. The number of nitrogens with one attached hydrogen (secondary N) is 1. The number of halogens is 2. The highest BCUT2D eigenvalue weighted by atomic mass is 79.9. The molecular weight excluding hydrogens is 364 g/mol. The van der Waals surface area contributed by atoms with Gasteiger partial charge in [-0.1, -0.05) is 0 Å². The summed E-state index contributed by atoms with van der Waals surface area (Å²) >= 11 is 8.98. The van der Waals surface area contributed by atoms with Gasteiger partial charge in [0.2, 0.25) is 10.9 Å². The first-order valence-corrected chi connectivity index (χ1v) is 6.78. The molecule has 0 spiro atoms. The van der Waals surface area contributed by atoms with Gasteiger partial charge in [-0.05, 0) is 33.6 Å². The van der Waals surface area contributed by atoms with Crippen molar-refractivity contribution in [1.82, 2.24) is 19.4 Å². The smallest absolute Gasteiger partial charge is 0.333 e. The molecule has 0 radical (unpaired) electrons. The van der Waals surface area contributed by atoms with E-state index in [1.54, 1.807) is 22.9 Å². The van der Waals surface area contributed by atoms with Gasteiger partial charge in [0, 0.05) is 24.8 Å². The largest absolute Gasteiger partial charge is 0.335 e. The lowest BCUT2D eigenvalue weighted by Crippen LogP contribution is -2.02. The molecule has 0 aliphatic heterocycles. The summed E-state index contributed by atoms with van der Waals surface area (Å²) in [4.78, 5) is 22.6. The second kappa shape index (κ2) is 5.26. The molecule has 3 rings (SSSR count). The molecular formula is C11H6BrClN6O2. The van der Waals surface area contributed by atoms with Crippen LogP contribution in [0.15, 0.2) is 35.3 Å². The molecule has 3 aromatic heterocycles. The van der Waals surface area contributed by atoms with Gasteiger partial charge in [-0.2, -0.15) is 4.98 Å². The SMILES string of the molecule is O=[N+]([O-])c1c(Nc2nc(Cl)ncc2Br)ccn2ccnc12. The van der Waals surface area contributed by atoms with Crippen LogP contribution in [0.3, 0.4) is 0 Å². The van der Waals surface area contributed by atoms with Crippen molar-refractivity contribution < 1.29 is 4.92 Å². The van der Waals surface area contributed by atoms with E-state index in [0.717, 1.165) is 0 Å². The fourth-order valence-corrected chi connectivity index (χ4v) is 2.24. The van der Waals surface area contributed by atoms with Crippen LogP contribution in [0.25, 0.3) is 5.65 Å². The van der Waals surface area contributed by atoms with Crippen LogP contribution >= 0.6 is 27.5 Å². The van der Waals surface area contributed by atoms with Crippen LogP contribution in [0.1, 0.15) is 0 Å². The average Bonchev–Trinajstić information content (AvgIpc) is 2.90. The summed E-state index contributed by atoms with van der Waals surface area (Å²) in [5.74, 6) is 0.328. The lowest BCUT2D eigenvalue weighted by Gasteiger charge is -2.08. The van der Waals surface area contributed by atoms with Crippen molar-refractivity contribution in [1.29, 1.82) is 0 Å². The van der Waals surface area contributed by atoms with Gasteiger partial charge in [0.15, 0.2) is 0 Å². The number of hydrogen-bond donors (Lipinski definition) is 1. The second-order valence-electron chi connectivity index (χ2n) is 3.95. The van der Waals surface area contributed by atoms with Gasteiger partial charge < -0.3 is 9.72 Å². The van der Waals surface area contributed by atoms with Gasteiger partial charge in [0.1, 0.15) is 11.5 Å². The molecule has 3 aromatic rings. The second-order valence-corrected chi connectivity index (χ2v) is 5.15. The quantitative estimate of drug-likeness (QED) is 0.432. The summed E-state index contributed by atoms with van der Waals surface area (Å²) in [6.45, 7) is 0. The lowest BCUT2D eigenvalue weighted by atomic mass is 10.3. The first kappa shape index (κ1) is 13.7. The molecule has 0 saturated carbocycles. The Hall–Kier alpha value is -2.26. The van der Waals surface area contributed by atoms with E-state index in [0.29, 0.717) is 10.3 Å². The van der Waals surface area contributed by atoms with E-state index in [1.165, 1.54) is 12.4 Å². The minimum atomic E-state index is -0.499. The van der Waals surface area contributed by atoms with Gasteiger partial charge in [-0.25, -0.2) is 9.97 Å². The Labute approximate surface area is 131 Å². The molecule has 0 atom stereocenters. The molecule has 1 N–H and O–H groups in total. The predicted octanol–water partition coefficient (Wildman–Crippen LogP) is 3.19. The van der Waals surface area contributed by atoms with Gasteiger partial charge >= 0.3 is 5.69 Å². The van der Waals surface area contributed by atoms with Crippen molar-refractivity contribution >= 4 is 50.4 Å². The summed E-state index contributed by atoms with van der Waals surface area (Å²) in [5.41, 5.74) is 0.347. The summed E-state index contributed by atoms with van der Waals surface area (Å²) in [6.07, 6.45) is 6.24. The van der Waals surface area contributed by atoms with Crippen LogP contribution in [0.4, 0.5) is 17.2 Å². The van der Waals surface area contributed by atoms with Crippen molar-refractivity contribution in [3.8, 4) is 0 Å². The highest BCUT2D eigenvalue weighted by molar-refractivity contribution is 9.10. The van der Waals surface area contributed by atoms with Gasteiger partial charge in [-0.3, -0.25) is 10.1 Å². The van der Waals surface area contributed by atoms with Gasteiger partial charge in [-0.15, -0.1) is 0 Å². The number of rotatable bonds is 3. The Kier molecular flexibility index (Phi) is 3.43. The predicted molar refractivity (Wildman–Crippen MR) is 79.9 cm³/mol. The first-order valence-electron chi connectivity index (χ1n) is 5.61. The van der Waals surface area contributed by atoms with Crippen molar-refractivity contribution in [2.75, 3.05) is 5.32 Å². The van der Waals surface area contributed by atoms with E-state index in [1.807, 2.05) is 0 Å². The third kappa shape index (κ3) is 2.52. The topological polar surface area (TPSA) is 98.2 Å². The summed E-state index contributed by atoms with van der Waals surface area (Å²) in [6, 6.07) is 1.56. The average molecular weight is 370 g/mol. The maximum atomic E-state index is 11.3. The first-order chi connectivity index (χ1) is 10.1. The number of aromatic nitrogens is 4. The molecule has 0 bridgehead atoms. The lowest BCUT2D eigenvalue weighted by molar-refractivity contribution is -0.382. The Morgan fingerprint density at radius 2 is 2.19 bits per heavy atom. The minimum Gasteiger partial charge on any atom is -0.333 e. The molecule has 0 aliphatic rings. The number of nitro groups is 1. The fourth-order valence-electron chi connectivity index (χ4n) is 1.81. The number of hydrogen-bond acceptors (Lipinski definition) is 6. The van der Waals surface area contributed by atoms with Crippen molar-refractivity contribution in [3.63, 3.8) is 0 Å². The van der Waals surface area contributed by atoms with Gasteiger partial charge in [0.05, 0.1) is 9.40 Å². The molecule has 106 valence electrons. The number of nitrogens with zero attached hydrogens (tertiary/aromatic N) is 5. The Morgan fingerprint density at radius 3 is 2.95 bits per heavy atom. The summed E-state index contributed by atoms with van der Waals surface area (Å²) < 4.78 is 2.09. The van der Waals surface area contributed by atoms with E-state index in [-0.39, 0.29) is 22.3 Å². The summed E-state index contributed by atoms with van der Waals surface area (Å²) in [7, 11) is 0. The highest BCUT2D eigenvalue weighted by Gasteiger charge is 2.21. The third-order valence-electron chi connectivity index (χ3n) is 2.69. The molecule has 10 heteroatoms. The maximum absolute atomic E-state index is 11.3. The van der Waals surface area contributed by atoms with E-state index in [9.17, 15) is 10.1 Å². The van der Waals surface area contributed by atoms with Crippen molar-refractivity contribution in [2.45, 2.75) is 0 Å².